The van der Waals surface area contributed by atoms with Gasteiger partial charge in [0.15, 0.2) is 0 Å². The molecular weight excluding hydrogens is 156 g/mol. The normalized spacial score (nSPS) is 21.2. The third-order valence-electron chi connectivity index (χ3n) is 2.88. The molecule has 0 radical (unpaired) electrons. The van der Waals surface area contributed by atoms with Gasteiger partial charge in [0, 0.05) is 0 Å². The van der Waals surface area contributed by atoms with E-state index in [1.165, 1.54) is 38.5 Å². The molecule has 1 rings (SSSR count). The highest BCUT2D eigenvalue weighted by atomic mass is 14.2. The van der Waals surface area contributed by atoms with Gasteiger partial charge >= 0.3 is 0 Å². The van der Waals surface area contributed by atoms with Crippen LogP contribution in [0.1, 0.15) is 52.4 Å². The molecule has 1 aliphatic carbocycles. The maximum atomic E-state index is 2.40. The van der Waals surface area contributed by atoms with E-state index in [1.807, 2.05) is 0 Å². The van der Waals surface area contributed by atoms with E-state index in [2.05, 4.69) is 32.1 Å². The zero-order valence-electron chi connectivity index (χ0n) is 9.05. The van der Waals surface area contributed by atoms with Crippen LogP contribution < -0.4 is 0 Å². The molecule has 74 valence electrons. The summed E-state index contributed by atoms with van der Waals surface area (Å²) in [6, 6.07) is 0. The third kappa shape index (κ3) is 3.38. The molecule has 13 heavy (non-hydrogen) atoms. The van der Waals surface area contributed by atoms with E-state index < -0.39 is 0 Å². The highest BCUT2D eigenvalue weighted by molar-refractivity contribution is 5.21. The Kier molecular flexibility index (Phi) is 4.88. The maximum absolute atomic E-state index is 2.40. The summed E-state index contributed by atoms with van der Waals surface area (Å²) < 4.78 is 0. The Labute approximate surface area is 82.7 Å². The summed E-state index contributed by atoms with van der Waals surface area (Å²) in [6.45, 7) is 4.35. The Bertz CT molecular complexity index is 180. The maximum Gasteiger partial charge on any atom is -0.0165 e. The van der Waals surface area contributed by atoms with Gasteiger partial charge in [-0.05, 0) is 37.7 Å². The monoisotopic (exact) mass is 178 g/mol. The van der Waals surface area contributed by atoms with Gasteiger partial charge in [-0.15, -0.1) is 0 Å². The van der Waals surface area contributed by atoms with E-state index in [0.717, 1.165) is 5.92 Å². The first-order valence-corrected chi connectivity index (χ1v) is 5.71. The second kappa shape index (κ2) is 6.01. The summed E-state index contributed by atoms with van der Waals surface area (Å²) >= 11 is 0. The molecule has 0 saturated heterocycles. The molecule has 1 saturated carbocycles. The molecule has 1 aliphatic rings. The van der Waals surface area contributed by atoms with Crippen LogP contribution in [0.15, 0.2) is 23.8 Å². The molecular formula is C13H22. The highest BCUT2D eigenvalue weighted by Gasteiger charge is 2.15. The van der Waals surface area contributed by atoms with Crippen LogP contribution in [0.2, 0.25) is 0 Å². The Balaban J connectivity index is 2.57. The molecule has 0 N–H and O–H groups in total. The lowest BCUT2D eigenvalue weighted by molar-refractivity contribution is 0.407. The summed E-state index contributed by atoms with van der Waals surface area (Å²) in [7, 11) is 0. The van der Waals surface area contributed by atoms with Crippen LogP contribution in [0.3, 0.4) is 0 Å². The Hall–Kier alpha value is -0.520. The van der Waals surface area contributed by atoms with Gasteiger partial charge in [-0.2, -0.15) is 0 Å². The summed E-state index contributed by atoms with van der Waals surface area (Å²) in [5.41, 5.74) is 1.59. The van der Waals surface area contributed by atoms with Crippen LogP contribution in [0.4, 0.5) is 0 Å². The van der Waals surface area contributed by atoms with Gasteiger partial charge < -0.3 is 0 Å². The predicted octanol–water partition coefficient (Wildman–Crippen LogP) is 4.48. The average Bonchev–Trinajstić information content (AvgIpc) is 2.19. The molecule has 0 aromatic rings. The SMILES string of the molecule is C/C=C\C(=C/CC)C1CCCCC1. The van der Waals surface area contributed by atoms with Crippen LogP contribution in [0.5, 0.6) is 0 Å². The van der Waals surface area contributed by atoms with E-state index in [9.17, 15) is 0 Å². The van der Waals surface area contributed by atoms with Crippen LogP contribution in [-0.4, -0.2) is 0 Å². The molecule has 0 unspecified atom stereocenters. The first kappa shape index (κ1) is 10.6. The molecule has 0 amide bonds. The van der Waals surface area contributed by atoms with Crippen molar-refractivity contribution < 1.29 is 0 Å². The fourth-order valence-electron chi connectivity index (χ4n) is 2.23. The molecule has 1 fully saturated rings. The molecule has 0 aliphatic heterocycles. The predicted molar refractivity (Wildman–Crippen MR) is 59.8 cm³/mol. The van der Waals surface area contributed by atoms with Gasteiger partial charge in [-0.3, -0.25) is 0 Å². The van der Waals surface area contributed by atoms with Crippen molar-refractivity contribution in [1.82, 2.24) is 0 Å². The van der Waals surface area contributed by atoms with E-state index in [0.29, 0.717) is 0 Å². The molecule has 0 heterocycles. The fraction of sp³-hybridized carbons (Fsp3) is 0.692. The lowest BCUT2D eigenvalue weighted by Crippen LogP contribution is -2.07. The molecule has 0 bridgehead atoms. The van der Waals surface area contributed by atoms with Gasteiger partial charge in [0.1, 0.15) is 0 Å². The summed E-state index contributed by atoms with van der Waals surface area (Å²) in [5, 5.41) is 0. The molecule has 0 atom stereocenters. The third-order valence-corrected chi connectivity index (χ3v) is 2.88. The van der Waals surface area contributed by atoms with Crippen molar-refractivity contribution in [3.63, 3.8) is 0 Å². The molecule has 0 nitrogen and oxygen atoms in total. The van der Waals surface area contributed by atoms with Crippen LogP contribution in [0, 0.1) is 5.92 Å². The number of rotatable bonds is 3. The second-order valence-corrected chi connectivity index (χ2v) is 3.95. The van der Waals surface area contributed by atoms with Gasteiger partial charge in [-0.1, -0.05) is 44.4 Å². The Morgan fingerprint density at radius 3 is 2.46 bits per heavy atom. The first-order chi connectivity index (χ1) is 6.38. The molecule has 0 spiro atoms. The highest BCUT2D eigenvalue weighted by Crippen LogP contribution is 2.30. The average molecular weight is 178 g/mol. The van der Waals surface area contributed by atoms with Crippen molar-refractivity contribution in [3.05, 3.63) is 23.8 Å². The number of hydrogen-bond acceptors (Lipinski definition) is 0. The molecule has 0 heteroatoms. The molecule has 0 aromatic heterocycles. The van der Waals surface area contributed by atoms with E-state index in [4.69, 9.17) is 0 Å². The van der Waals surface area contributed by atoms with Crippen LogP contribution >= 0.6 is 0 Å². The number of allylic oxidation sites excluding steroid dienone is 4. The van der Waals surface area contributed by atoms with Gasteiger partial charge in [0.2, 0.25) is 0 Å². The van der Waals surface area contributed by atoms with E-state index in [1.54, 1.807) is 5.57 Å². The van der Waals surface area contributed by atoms with E-state index >= 15 is 0 Å². The zero-order chi connectivity index (χ0) is 9.52. The minimum Gasteiger partial charge on any atom is -0.0874 e. The van der Waals surface area contributed by atoms with Crippen molar-refractivity contribution in [2.24, 2.45) is 5.92 Å². The van der Waals surface area contributed by atoms with Crippen LogP contribution in [-0.2, 0) is 0 Å². The fourth-order valence-corrected chi connectivity index (χ4v) is 2.23. The smallest absolute Gasteiger partial charge is 0.0165 e. The van der Waals surface area contributed by atoms with Crippen molar-refractivity contribution in [2.45, 2.75) is 52.4 Å². The first-order valence-electron chi connectivity index (χ1n) is 5.71. The lowest BCUT2D eigenvalue weighted by Gasteiger charge is -2.22. The van der Waals surface area contributed by atoms with Crippen molar-refractivity contribution in [3.8, 4) is 0 Å². The van der Waals surface area contributed by atoms with E-state index in [-0.39, 0.29) is 0 Å². The molecule has 0 aromatic carbocycles. The Morgan fingerprint density at radius 1 is 1.23 bits per heavy atom. The van der Waals surface area contributed by atoms with Gasteiger partial charge in [0.25, 0.3) is 0 Å². The van der Waals surface area contributed by atoms with Crippen molar-refractivity contribution in [2.75, 3.05) is 0 Å². The summed E-state index contributed by atoms with van der Waals surface area (Å²) in [5.74, 6) is 0.866. The van der Waals surface area contributed by atoms with Crippen LogP contribution in [0.25, 0.3) is 0 Å². The Morgan fingerprint density at radius 2 is 1.92 bits per heavy atom. The number of hydrogen-bond donors (Lipinski definition) is 0. The summed E-state index contributed by atoms with van der Waals surface area (Å²) in [6.07, 6.45) is 15.2. The lowest BCUT2D eigenvalue weighted by atomic mass is 9.83. The van der Waals surface area contributed by atoms with Gasteiger partial charge in [0.05, 0.1) is 0 Å². The van der Waals surface area contributed by atoms with Crippen molar-refractivity contribution >= 4 is 0 Å². The largest absolute Gasteiger partial charge is 0.0874 e. The minimum absolute atomic E-state index is 0.866. The zero-order valence-corrected chi connectivity index (χ0v) is 9.05. The quantitative estimate of drug-likeness (QED) is 0.559. The minimum atomic E-state index is 0.866. The second-order valence-electron chi connectivity index (χ2n) is 3.95. The summed E-state index contributed by atoms with van der Waals surface area (Å²) in [4.78, 5) is 0. The van der Waals surface area contributed by atoms with Crippen molar-refractivity contribution in [1.29, 1.82) is 0 Å². The van der Waals surface area contributed by atoms with Gasteiger partial charge in [-0.25, -0.2) is 0 Å². The topological polar surface area (TPSA) is 0 Å². The standard InChI is InChI=1S/C13H22/c1-3-8-12(9-4-2)13-10-6-5-7-11-13/h3,8-9,13H,4-7,10-11H2,1-2H3/b8-3-,12-9+.